The highest BCUT2D eigenvalue weighted by molar-refractivity contribution is 6.00. The molecule has 0 radical (unpaired) electrons. The van der Waals surface area contributed by atoms with Gasteiger partial charge in [0.2, 0.25) is 0 Å². The number of allylic oxidation sites excluding steroid dienone is 5. The van der Waals surface area contributed by atoms with Gasteiger partial charge in [-0.1, -0.05) is 12.2 Å². The lowest BCUT2D eigenvalue weighted by molar-refractivity contribution is 1.23. The Morgan fingerprint density at radius 1 is 1.21 bits per heavy atom. The highest BCUT2D eigenvalue weighted by Gasteiger charge is 2.03. The standard InChI is InChI=1S/C11H11N3/c1-2-6-10(12-7-3-1)11-13-8-4-5-9-14-11/h1-2,4-9H,3H2,(H,13,14). The van der Waals surface area contributed by atoms with Crippen LogP contribution in [0.25, 0.3) is 0 Å². The average Bonchev–Trinajstić information content (AvgIpc) is 2.62. The van der Waals surface area contributed by atoms with Gasteiger partial charge in [0.1, 0.15) is 5.70 Å². The van der Waals surface area contributed by atoms with Crippen LogP contribution in [-0.2, 0) is 0 Å². The van der Waals surface area contributed by atoms with Crippen LogP contribution < -0.4 is 5.32 Å². The molecule has 2 rings (SSSR count). The van der Waals surface area contributed by atoms with Crippen molar-refractivity contribution in [3.05, 3.63) is 48.5 Å². The summed E-state index contributed by atoms with van der Waals surface area (Å²) in [5, 5.41) is 3.07. The van der Waals surface area contributed by atoms with Gasteiger partial charge in [0.25, 0.3) is 0 Å². The fourth-order valence-corrected chi connectivity index (χ4v) is 1.16. The molecule has 0 saturated carbocycles. The summed E-state index contributed by atoms with van der Waals surface area (Å²) in [7, 11) is 0. The van der Waals surface area contributed by atoms with Gasteiger partial charge in [-0.3, -0.25) is 4.99 Å². The Bertz CT molecular complexity index is 381. The van der Waals surface area contributed by atoms with Crippen LogP contribution in [0, 0.1) is 0 Å². The van der Waals surface area contributed by atoms with E-state index in [1.807, 2.05) is 36.7 Å². The van der Waals surface area contributed by atoms with Gasteiger partial charge >= 0.3 is 0 Å². The molecule has 0 aromatic heterocycles. The van der Waals surface area contributed by atoms with Crippen LogP contribution in [-0.4, -0.2) is 12.1 Å². The highest BCUT2D eigenvalue weighted by Crippen LogP contribution is 2.05. The first-order valence-electron chi connectivity index (χ1n) is 4.52. The third kappa shape index (κ3) is 2.07. The molecule has 0 atom stereocenters. The number of rotatable bonds is 1. The van der Waals surface area contributed by atoms with E-state index in [0.717, 1.165) is 18.0 Å². The zero-order valence-electron chi connectivity index (χ0n) is 7.72. The van der Waals surface area contributed by atoms with Crippen LogP contribution in [0.2, 0.25) is 0 Å². The fraction of sp³-hybridized carbons (Fsp3) is 0.0909. The first-order valence-corrected chi connectivity index (χ1v) is 4.52. The molecule has 1 N–H and O–H groups in total. The second-order valence-corrected chi connectivity index (χ2v) is 2.85. The van der Waals surface area contributed by atoms with E-state index in [4.69, 9.17) is 0 Å². The van der Waals surface area contributed by atoms with E-state index in [1.54, 1.807) is 6.20 Å². The predicted octanol–water partition coefficient (Wildman–Crippen LogP) is 1.93. The Morgan fingerprint density at radius 2 is 2.21 bits per heavy atom. The first kappa shape index (κ1) is 8.69. The minimum absolute atomic E-state index is 0.776. The maximum atomic E-state index is 4.30. The van der Waals surface area contributed by atoms with E-state index in [0.29, 0.717) is 0 Å². The second kappa shape index (κ2) is 4.37. The molecule has 3 heteroatoms. The highest BCUT2D eigenvalue weighted by atomic mass is 15.0. The Kier molecular flexibility index (Phi) is 2.71. The zero-order chi connectivity index (χ0) is 9.64. The number of hydrogen-bond acceptors (Lipinski definition) is 3. The van der Waals surface area contributed by atoms with Crippen LogP contribution >= 0.6 is 0 Å². The first-order chi connectivity index (χ1) is 6.97. The van der Waals surface area contributed by atoms with E-state index >= 15 is 0 Å². The van der Waals surface area contributed by atoms with Crippen molar-refractivity contribution in [2.45, 2.75) is 6.42 Å². The monoisotopic (exact) mass is 185 g/mol. The van der Waals surface area contributed by atoms with Crippen LogP contribution in [0.15, 0.2) is 58.5 Å². The summed E-state index contributed by atoms with van der Waals surface area (Å²) in [5.41, 5.74) is 0.856. The number of hydrogen-bond donors (Lipinski definition) is 1. The molecule has 0 bridgehead atoms. The summed E-state index contributed by atoms with van der Waals surface area (Å²) in [6, 6.07) is 0. The van der Waals surface area contributed by atoms with Crippen molar-refractivity contribution < 1.29 is 0 Å². The van der Waals surface area contributed by atoms with Crippen molar-refractivity contribution in [1.82, 2.24) is 5.32 Å². The number of aliphatic imine (C=N–C) groups is 2. The normalized spacial score (nSPS) is 19.4. The SMILES string of the molecule is C1=CCC=NC(C2=NC=CC=CN2)=C1. The molecule has 70 valence electrons. The lowest BCUT2D eigenvalue weighted by atomic mass is 10.3. The number of nitrogens with one attached hydrogen (secondary N) is 1. The minimum Gasteiger partial charge on any atom is -0.345 e. The average molecular weight is 185 g/mol. The van der Waals surface area contributed by atoms with Gasteiger partial charge in [-0.2, -0.15) is 0 Å². The van der Waals surface area contributed by atoms with Crippen LogP contribution in [0.3, 0.4) is 0 Å². The van der Waals surface area contributed by atoms with Crippen molar-refractivity contribution in [2.24, 2.45) is 9.98 Å². The lowest BCUT2D eigenvalue weighted by Gasteiger charge is -2.03. The van der Waals surface area contributed by atoms with Gasteiger partial charge in [-0.15, -0.1) is 0 Å². The molecule has 0 fully saturated rings. The Morgan fingerprint density at radius 3 is 3.21 bits per heavy atom. The van der Waals surface area contributed by atoms with Crippen molar-refractivity contribution in [1.29, 1.82) is 0 Å². The number of nitrogens with zero attached hydrogens (tertiary/aromatic N) is 2. The molecular weight excluding hydrogens is 174 g/mol. The summed E-state index contributed by atoms with van der Waals surface area (Å²) in [6.45, 7) is 0. The molecule has 0 amide bonds. The Labute approximate surface area is 83.0 Å². The molecule has 0 aliphatic carbocycles. The van der Waals surface area contributed by atoms with Crippen molar-refractivity contribution >= 4 is 12.1 Å². The molecule has 0 aromatic carbocycles. The molecule has 2 heterocycles. The van der Waals surface area contributed by atoms with Gasteiger partial charge < -0.3 is 5.32 Å². The van der Waals surface area contributed by atoms with Crippen molar-refractivity contribution in [2.75, 3.05) is 0 Å². The molecular formula is C11H11N3. The summed E-state index contributed by atoms with van der Waals surface area (Å²) in [5.74, 6) is 0.776. The lowest BCUT2D eigenvalue weighted by Crippen LogP contribution is -2.18. The summed E-state index contributed by atoms with van der Waals surface area (Å²) >= 11 is 0. The van der Waals surface area contributed by atoms with E-state index in [1.165, 1.54) is 0 Å². The Hall–Kier alpha value is -1.90. The van der Waals surface area contributed by atoms with E-state index in [9.17, 15) is 0 Å². The van der Waals surface area contributed by atoms with Gasteiger partial charge in [0.15, 0.2) is 5.84 Å². The van der Waals surface area contributed by atoms with E-state index in [-0.39, 0.29) is 0 Å². The largest absolute Gasteiger partial charge is 0.345 e. The molecule has 0 aromatic rings. The maximum Gasteiger partial charge on any atom is 0.155 e. The number of amidine groups is 1. The predicted molar refractivity (Wildman–Crippen MR) is 59.2 cm³/mol. The molecule has 2 aliphatic heterocycles. The van der Waals surface area contributed by atoms with Gasteiger partial charge in [0, 0.05) is 25.0 Å². The third-order valence-corrected chi connectivity index (χ3v) is 1.82. The zero-order valence-corrected chi connectivity index (χ0v) is 7.72. The minimum atomic E-state index is 0.776. The molecule has 0 unspecified atom stereocenters. The third-order valence-electron chi connectivity index (χ3n) is 1.82. The molecule has 2 aliphatic rings. The summed E-state index contributed by atoms with van der Waals surface area (Å²) in [6.07, 6.45) is 16.1. The second-order valence-electron chi connectivity index (χ2n) is 2.85. The van der Waals surface area contributed by atoms with Crippen molar-refractivity contribution in [3.8, 4) is 0 Å². The quantitative estimate of drug-likeness (QED) is 0.665. The van der Waals surface area contributed by atoms with Crippen LogP contribution in [0.1, 0.15) is 6.42 Å². The molecule has 14 heavy (non-hydrogen) atoms. The van der Waals surface area contributed by atoms with E-state index < -0.39 is 0 Å². The van der Waals surface area contributed by atoms with Gasteiger partial charge in [-0.05, 0) is 18.2 Å². The van der Waals surface area contributed by atoms with Crippen LogP contribution in [0.5, 0.6) is 0 Å². The topological polar surface area (TPSA) is 36.8 Å². The molecule has 0 saturated heterocycles. The molecule has 0 spiro atoms. The van der Waals surface area contributed by atoms with Gasteiger partial charge in [0.05, 0.1) is 0 Å². The summed E-state index contributed by atoms with van der Waals surface area (Å²) < 4.78 is 0. The maximum absolute atomic E-state index is 4.30. The summed E-state index contributed by atoms with van der Waals surface area (Å²) in [4.78, 5) is 8.54. The Balaban J connectivity index is 2.25. The van der Waals surface area contributed by atoms with Gasteiger partial charge in [-0.25, -0.2) is 4.99 Å². The van der Waals surface area contributed by atoms with Crippen LogP contribution in [0.4, 0.5) is 0 Å². The smallest absolute Gasteiger partial charge is 0.155 e. The van der Waals surface area contributed by atoms with Crippen molar-refractivity contribution in [3.63, 3.8) is 0 Å². The fourth-order valence-electron chi connectivity index (χ4n) is 1.16. The van der Waals surface area contributed by atoms with E-state index in [2.05, 4.69) is 21.4 Å². The molecule has 3 nitrogen and oxygen atoms in total.